The monoisotopic (exact) mass is 188 g/mol. The van der Waals surface area contributed by atoms with Crippen LogP contribution in [-0.4, -0.2) is 27.9 Å². The molecule has 0 spiro atoms. The van der Waals surface area contributed by atoms with Crippen molar-refractivity contribution in [3.63, 3.8) is 0 Å². The van der Waals surface area contributed by atoms with Crippen LogP contribution >= 0.6 is 0 Å². The van der Waals surface area contributed by atoms with Crippen LogP contribution in [0, 0.1) is 5.92 Å². The minimum Gasteiger partial charge on any atom is -0.481 e. The molecule has 74 valence electrons. The summed E-state index contributed by atoms with van der Waals surface area (Å²) < 4.78 is 4.66. The van der Waals surface area contributed by atoms with Gasteiger partial charge < -0.3 is 14.9 Å². The van der Waals surface area contributed by atoms with E-state index in [1.54, 1.807) is 6.92 Å². The maximum Gasteiger partial charge on any atom is 0.308 e. The van der Waals surface area contributed by atoms with Crippen molar-refractivity contribution in [2.24, 2.45) is 5.92 Å². The average molecular weight is 188 g/mol. The molecule has 0 aliphatic carbocycles. The SMILES string of the molecule is CCC1(O)OC(=O)CC1CC(=O)O. The Bertz CT molecular complexity index is 237. The number of hydrogen-bond donors (Lipinski definition) is 2. The topological polar surface area (TPSA) is 83.8 Å². The highest BCUT2D eigenvalue weighted by Crippen LogP contribution is 2.35. The summed E-state index contributed by atoms with van der Waals surface area (Å²) in [4.78, 5) is 21.2. The van der Waals surface area contributed by atoms with Gasteiger partial charge in [0, 0.05) is 12.3 Å². The van der Waals surface area contributed by atoms with Gasteiger partial charge in [-0.2, -0.15) is 0 Å². The summed E-state index contributed by atoms with van der Waals surface area (Å²) in [5.74, 6) is -3.76. The fourth-order valence-corrected chi connectivity index (χ4v) is 1.49. The Hall–Kier alpha value is -1.10. The highest BCUT2D eigenvalue weighted by Gasteiger charge is 2.47. The summed E-state index contributed by atoms with van der Waals surface area (Å²) in [6.45, 7) is 1.65. The third kappa shape index (κ3) is 1.98. The van der Waals surface area contributed by atoms with E-state index in [4.69, 9.17) is 5.11 Å². The minimum atomic E-state index is -1.57. The number of rotatable bonds is 3. The highest BCUT2D eigenvalue weighted by atomic mass is 16.7. The molecule has 1 heterocycles. The minimum absolute atomic E-state index is 0.0172. The van der Waals surface area contributed by atoms with Gasteiger partial charge in [0.1, 0.15) is 0 Å². The van der Waals surface area contributed by atoms with Gasteiger partial charge in [0.2, 0.25) is 5.79 Å². The maximum absolute atomic E-state index is 10.8. The molecule has 0 aromatic rings. The van der Waals surface area contributed by atoms with Crippen molar-refractivity contribution in [3.8, 4) is 0 Å². The first-order valence-electron chi connectivity index (χ1n) is 4.14. The van der Waals surface area contributed by atoms with Gasteiger partial charge in [-0.3, -0.25) is 9.59 Å². The second-order valence-corrected chi connectivity index (χ2v) is 3.17. The molecule has 2 N–H and O–H groups in total. The van der Waals surface area contributed by atoms with Crippen LogP contribution in [0.1, 0.15) is 26.2 Å². The summed E-state index contributed by atoms with van der Waals surface area (Å²) >= 11 is 0. The molecule has 1 aliphatic heterocycles. The van der Waals surface area contributed by atoms with Crippen LogP contribution in [0.25, 0.3) is 0 Å². The second-order valence-electron chi connectivity index (χ2n) is 3.17. The molecule has 2 atom stereocenters. The zero-order valence-corrected chi connectivity index (χ0v) is 7.32. The van der Waals surface area contributed by atoms with Crippen molar-refractivity contribution in [1.29, 1.82) is 0 Å². The summed E-state index contributed by atoms with van der Waals surface area (Å²) in [5, 5.41) is 18.2. The Morgan fingerprint density at radius 2 is 2.38 bits per heavy atom. The molecule has 5 nitrogen and oxygen atoms in total. The fraction of sp³-hybridized carbons (Fsp3) is 0.750. The van der Waals surface area contributed by atoms with E-state index in [0.29, 0.717) is 0 Å². The Labute approximate surface area is 75.3 Å². The number of cyclic esters (lactones) is 1. The molecular weight excluding hydrogens is 176 g/mol. The lowest BCUT2D eigenvalue weighted by atomic mass is 9.92. The van der Waals surface area contributed by atoms with E-state index in [1.807, 2.05) is 0 Å². The van der Waals surface area contributed by atoms with Crippen LogP contribution in [0.5, 0.6) is 0 Å². The zero-order chi connectivity index (χ0) is 10.1. The van der Waals surface area contributed by atoms with Crippen molar-refractivity contribution < 1.29 is 24.5 Å². The van der Waals surface area contributed by atoms with Crippen LogP contribution in [0.2, 0.25) is 0 Å². The molecule has 0 saturated carbocycles. The van der Waals surface area contributed by atoms with E-state index in [9.17, 15) is 14.7 Å². The zero-order valence-electron chi connectivity index (χ0n) is 7.32. The average Bonchev–Trinajstić information content (AvgIpc) is 2.27. The van der Waals surface area contributed by atoms with Crippen LogP contribution in [0.15, 0.2) is 0 Å². The van der Waals surface area contributed by atoms with Crippen molar-refractivity contribution >= 4 is 11.9 Å². The molecule has 1 saturated heterocycles. The van der Waals surface area contributed by atoms with Crippen molar-refractivity contribution in [2.45, 2.75) is 32.0 Å². The molecular formula is C8H12O5. The van der Waals surface area contributed by atoms with Gasteiger partial charge in [0.25, 0.3) is 0 Å². The summed E-state index contributed by atoms with van der Waals surface area (Å²) in [6.07, 6.45) is -0.0383. The van der Waals surface area contributed by atoms with E-state index in [2.05, 4.69) is 4.74 Å². The Balaban J connectivity index is 2.71. The van der Waals surface area contributed by atoms with Crippen LogP contribution in [0.3, 0.4) is 0 Å². The van der Waals surface area contributed by atoms with E-state index in [1.165, 1.54) is 0 Å². The molecule has 0 aromatic carbocycles. The van der Waals surface area contributed by atoms with E-state index < -0.39 is 23.6 Å². The third-order valence-electron chi connectivity index (χ3n) is 2.27. The summed E-state index contributed by atoms with van der Waals surface area (Å²) in [5.41, 5.74) is 0. The van der Waals surface area contributed by atoms with Crippen molar-refractivity contribution in [3.05, 3.63) is 0 Å². The number of aliphatic hydroxyl groups is 1. The van der Waals surface area contributed by atoms with Crippen LogP contribution in [0.4, 0.5) is 0 Å². The van der Waals surface area contributed by atoms with Crippen LogP contribution < -0.4 is 0 Å². The van der Waals surface area contributed by atoms with E-state index in [0.717, 1.165) is 0 Å². The Morgan fingerprint density at radius 3 is 2.85 bits per heavy atom. The lowest BCUT2D eigenvalue weighted by molar-refractivity contribution is -0.204. The van der Waals surface area contributed by atoms with Gasteiger partial charge in [-0.25, -0.2) is 0 Å². The number of carbonyl (C=O) groups excluding carboxylic acids is 1. The van der Waals surface area contributed by atoms with Crippen molar-refractivity contribution in [1.82, 2.24) is 0 Å². The first-order valence-corrected chi connectivity index (χ1v) is 4.14. The Kier molecular flexibility index (Phi) is 2.56. The van der Waals surface area contributed by atoms with Gasteiger partial charge in [-0.05, 0) is 0 Å². The van der Waals surface area contributed by atoms with Crippen LogP contribution in [-0.2, 0) is 14.3 Å². The van der Waals surface area contributed by atoms with Gasteiger partial charge in [-0.1, -0.05) is 6.92 Å². The quantitative estimate of drug-likeness (QED) is 0.614. The molecule has 1 aliphatic rings. The number of esters is 1. The number of carboxylic acids is 1. The number of aliphatic carboxylic acids is 1. The molecule has 1 rings (SSSR count). The molecule has 0 bridgehead atoms. The molecule has 0 radical (unpaired) electrons. The van der Waals surface area contributed by atoms with Gasteiger partial charge in [-0.15, -0.1) is 0 Å². The van der Waals surface area contributed by atoms with E-state index >= 15 is 0 Å². The number of carbonyl (C=O) groups is 2. The summed E-state index contributed by atoms with van der Waals surface area (Å²) in [7, 11) is 0. The first-order chi connectivity index (χ1) is 5.98. The lowest BCUT2D eigenvalue weighted by Gasteiger charge is -2.24. The third-order valence-corrected chi connectivity index (χ3v) is 2.27. The first kappa shape index (κ1) is 9.98. The molecule has 13 heavy (non-hydrogen) atoms. The standard InChI is InChI=1S/C8H12O5/c1-2-8(12)5(3-6(9)10)4-7(11)13-8/h5,12H,2-4H2,1H3,(H,9,10). The van der Waals surface area contributed by atoms with Crippen molar-refractivity contribution in [2.75, 3.05) is 0 Å². The van der Waals surface area contributed by atoms with Gasteiger partial charge >= 0.3 is 11.9 Å². The molecule has 0 aromatic heterocycles. The molecule has 2 unspecified atom stereocenters. The molecule has 5 heteroatoms. The second kappa shape index (κ2) is 3.33. The predicted molar refractivity (Wildman–Crippen MR) is 41.7 cm³/mol. The predicted octanol–water partition coefficient (Wildman–Crippen LogP) is 0.123. The Morgan fingerprint density at radius 1 is 1.77 bits per heavy atom. The fourth-order valence-electron chi connectivity index (χ4n) is 1.49. The van der Waals surface area contributed by atoms with Gasteiger partial charge in [0.15, 0.2) is 0 Å². The number of ether oxygens (including phenoxy) is 1. The smallest absolute Gasteiger partial charge is 0.308 e. The number of carboxylic acid groups (broad SMARTS) is 1. The van der Waals surface area contributed by atoms with E-state index in [-0.39, 0.29) is 19.3 Å². The molecule has 1 fully saturated rings. The highest BCUT2D eigenvalue weighted by molar-refractivity contribution is 5.75. The lowest BCUT2D eigenvalue weighted by Crippen LogP contribution is -2.35. The normalized spacial score (nSPS) is 33.1. The van der Waals surface area contributed by atoms with Gasteiger partial charge in [0.05, 0.1) is 12.8 Å². The number of hydrogen-bond acceptors (Lipinski definition) is 4. The molecule has 0 amide bonds. The summed E-state index contributed by atoms with van der Waals surface area (Å²) in [6, 6.07) is 0. The maximum atomic E-state index is 10.8. The largest absolute Gasteiger partial charge is 0.481 e.